The Hall–Kier alpha value is -3.14. The van der Waals surface area contributed by atoms with Crippen molar-refractivity contribution in [3.8, 4) is 11.1 Å². The van der Waals surface area contributed by atoms with E-state index in [1.54, 1.807) is 35.3 Å². The summed E-state index contributed by atoms with van der Waals surface area (Å²) in [7, 11) is -1.77. The highest BCUT2D eigenvalue weighted by molar-refractivity contribution is 7.88. The van der Waals surface area contributed by atoms with E-state index >= 15 is 0 Å². The fourth-order valence-electron chi connectivity index (χ4n) is 4.66. The van der Waals surface area contributed by atoms with Crippen LogP contribution in [0.3, 0.4) is 0 Å². The standard InChI is InChI=1S/C25H27N5O3S/c1-30-14-19(13-28-30)18-11-21-23(27-12-18)9-8-17-7-6-16(10-20(17)25(21)31)15-34(32,33)29-24-5-3-2-4-22(24)26/h6-14,22,24,29H,2-5,15,26H2,1H3/t22-,24+/m0/s1. The molecule has 2 aromatic carbocycles. The van der Waals surface area contributed by atoms with Crippen LogP contribution in [0, 0.1) is 0 Å². The number of nitrogens with one attached hydrogen (secondary N) is 1. The molecule has 1 saturated carbocycles. The summed E-state index contributed by atoms with van der Waals surface area (Å²) in [5, 5.41) is 5.86. The third-order valence-electron chi connectivity index (χ3n) is 6.49. The molecule has 1 aliphatic carbocycles. The van der Waals surface area contributed by atoms with Crippen molar-refractivity contribution in [3.05, 3.63) is 70.8 Å². The van der Waals surface area contributed by atoms with Crippen LogP contribution < -0.4 is 15.9 Å². The molecular weight excluding hydrogens is 450 g/mol. The lowest BCUT2D eigenvalue weighted by Crippen LogP contribution is -2.49. The van der Waals surface area contributed by atoms with Crippen molar-refractivity contribution in [1.29, 1.82) is 0 Å². The number of hydrogen-bond acceptors (Lipinski definition) is 6. The Balaban J connectivity index is 1.53. The fourth-order valence-corrected chi connectivity index (χ4v) is 6.12. The van der Waals surface area contributed by atoms with Gasteiger partial charge in [-0.15, -0.1) is 0 Å². The van der Waals surface area contributed by atoms with Crippen LogP contribution in [0.4, 0.5) is 0 Å². The van der Waals surface area contributed by atoms with E-state index in [1.807, 2.05) is 31.4 Å². The van der Waals surface area contributed by atoms with Crippen molar-refractivity contribution >= 4 is 31.7 Å². The van der Waals surface area contributed by atoms with Gasteiger partial charge in [0.05, 0.1) is 17.5 Å². The van der Waals surface area contributed by atoms with Crippen molar-refractivity contribution in [3.63, 3.8) is 0 Å². The zero-order valence-electron chi connectivity index (χ0n) is 18.9. The number of nitrogens with zero attached hydrogens (tertiary/aromatic N) is 3. The van der Waals surface area contributed by atoms with Crippen molar-refractivity contribution in [2.45, 2.75) is 43.5 Å². The number of benzene rings is 1. The Kier molecular flexibility index (Phi) is 5.93. The predicted molar refractivity (Wildman–Crippen MR) is 134 cm³/mol. The smallest absolute Gasteiger partial charge is 0.216 e. The summed E-state index contributed by atoms with van der Waals surface area (Å²) in [5.41, 5.74) is 8.73. The Morgan fingerprint density at radius 1 is 1.06 bits per heavy atom. The zero-order chi connectivity index (χ0) is 23.9. The molecule has 0 amide bonds. The Morgan fingerprint density at radius 3 is 2.62 bits per heavy atom. The second-order valence-corrected chi connectivity index (χ2v) is 10.8. The van der Waals surface area contributed by atoms with Gasteiger partial charge in [-0.25, -0.2) is 13.1 Å². The summed E-state index contributed by atoms with van der Waals surface area (Å²) in [6.45, 7) is 0. The highest BCUT2D eigenvalue weighted by atomic mass is 32.2. The van der Waals surface area contributed by atoms with E-state index in [1.165, 1.54) is 0 Å². The predicted octanol–water partition coefficient (Wildman–Crippen LogP) is 2.84. The Morgan fingerprint density at radius 2 is 1.85 bits per heavy atom. The molecule has 3 N–H and O–H groups in total. The van der Waals surface area contributed by atoms with Gasteiger partial charge >= 0.3 is 0 Å². The molecule has 1 aliphatic rings. The maximum atomic E-state index is 13.5. The number of pyridine rings is 1. The number of nitrogens with two attached hydrogens (primary N) is 1. The fraction of sp³-hybridized carbons (Fsp3) is 0.320. The number of rotatable bonds is 5. The van der Waals surface area contributed by atoms with Crippen LogP contribution in [0.25, 0.3) is 32.8 Å². The summed E-state index contributed by atoms with van der Waals surface area (Å²) < 4.78 is 30.2. The van der Waals surface area contributed by atoms with E-state index in [4.69, 9.17) is 5.73 Å². The molecule has 34 heavy (non-hydrogen) atoms. The van der Waals surface area contributed by atoms with Crippen LogP contribution in [-0.4, -0.2) is 35.3 Å². The van der Waals surface area contributed by atoms with Crippen molar-refractivity contribution in [2.24, 2.45) is 12.8 Å². The van der Waals surface area contributed by atoms with E-state index in [0.717, 1.165) is 42.2 Å². The van der Waals surface area contributed by atoms with Gasteiger partial charge in [-0.05, 0) is 42.0 Å². The quantitative estimate of drug-likeness (QED) is 0.456. The Bertz CT molecular complexity index is 1550. The average Bonchev–Trinajstić information content (AvgIpc) is 3.19. The van der Waals surface area contributed by atoms with E-state index in [-0.39, 0.29) is 23.3 Å². The van der Waals surface area contributed by atoms with Crippen LogP contribution >= 0.6 is 0 Å². The lowest BCUT2D eigenvalue weighted by atomic mass is 9.92. The first-order valence-corrected chi connectivity index (χ1v) is 13.0. The molecule has 9 heteroatoms. The third-order valence-corrected chi connectivity index (χ3v) is 7.87. The van der Waals surface area contributed by atoms with E-state index in [9.17, 15) is 13.2 Å². The molecule has 0 aliphatic heterocycles. The highest BCUT2D eigenvalue weighted by Gasteiger charge is 2.26. The van der Waals surface area contributed by atoms with Gasteiger partial charge in [0, 0.05) is 53.4 Å². The molecular formula is C25H27N5O3S. The molecule has 2 atom stereocenters. The average molecular weight is 478 g/mol. The number of fused-ring (bicyclic) bond motifs is 2. The number of aromatic nitrogens is 3. The summed E-state index contributed by atoms with van der Waals surface area (Å²) in [6.07, 6.45) is 8.88. The van der Waals surface area contributed by atoms with Gasteiger partial charge in [0.2, 0.25) is 10.0 Å². The van der Waals surface area contributed by atoms with Gasteiger partial charge < -0.3 is 5.73 Å². The molecule has 2 heterocycles. The van der Waals surface area contributed by atoms with Crippen LogP contribution in [-0.2, 0) is 22.8 Å². The van der Waals surface area contributed by atoms with E-state index in [2.05, 4.69) is 14.8 Å². The van der Waals surface area contributed by atoms with Gasteiger partial charge in [0.1, 0.15) is 0 Å². The molecule has 0 bridgehead atoms. The molecule has 176 valence electrons. The minimum atomic E-state index is -3.60. The third kappa shape index (κ3) is 4.59. The molecule has 2 aromatic heterocycles. The van der Waals surface area contributed by atoms with Crippen LogP contribution in [0.5, 0.6) is 0 Å². The van der Waals surface area contributed by atoms with Crippen molar-refractivity contribution in [1.82, 2.24) is 19.5 Å². The lowest BCUT2D eigenvalue weighted by Gasteiger charge is -2.29. The second kappa shape index (κ2) is 8.90. The molecule has 0 radical (unpaired) electrons. The summed E-state index contributed by atoms with van der Waals surface area (Å²) >= 11 is 0. The van der Waals surface area contributed by atoms with Gasteiger partial charge in [-0.3, -0.25) is 14.5 Å². The van der Waals surface area contributed by atoms with Crippen molar-refractivity contribution < 1.29 is 8.42 Å². The van der Waals surface area contributed by atoms with Crippen molar-refractivity contribution in [2.75, 3.05) is 0 Å². The topological polar surface area (TPSA) is 120 Å². The van der Waals surface area contributed by atoms with Gasteiger partial charge in [0.25, 0.3) is 0 Å². The number of hydrogen-bond donors (Lipinski definition) is 2. The van der Waals surface area contributed by atoms with Gasteiger partial charge in [0.15, 0.2) is 5.43 Å². The summed E-state index contributed by atoms with van der Waals surface area (Å²) in [4.78, 5) is 18.0. The van der Waals surface area contributed by atoms with E-state index in [0.29, 0.717) is 21.9 Å². The normalized spacial score (nSPS) is 19.0. The largest absolute Gasteiger partial charge is 0.326 e. The zero-order valence-corrected chi connectivity index (χ0v) is 19.8. The molecule has 8 nitrogen and oxygen atoms in total. The minimum absolute atomic E-state index is 0.166. The van der Waals surface area contributed by atoms with Crippen LogP contribution in [0.2, 0.25) is 0 Å². The maximum absolute atomic E-state index is 13.5. The molecule has 0 saturated heterocycles. The van der Waals surface area contributed by atoms with E-state index < -0.39 is 10.0 Å². The van der Waals surface area contributed by atoms with Crippen LogP contribution in [0.15, 0.2) is 59.8 Å². The molecule has 1 fully saturated rings. The first-order chi connectivity index (χ1) is 16.3. The lowest BCUT2D eigenvalue weighted by molar-refractivity contribution is 0.361. The van der Waals surface area contributed by atoms with Crippen LogP contribution in [0.1, 0.15) is 31.2 Å². The number of sulfonamides is 1. The maximum Gasteiger partial charge on any atom is 0.216 e. The summed E-state index contributed by atoms with van der Waals surface area (Å²) in [6, 6.07) is 10.3. The minimum Gasteiger partial charge on any atom is -0.326 e. The monoisotopic (exact) mass is 477 g/mol. The first kappa shape index (κ1) is 22.6. The molecule has 4 aromatic rings. The molecule has 0 spiro atoms. The van der Waals surface area contributed by atoms with Gasteiger partial charge in [-0.2, -0.15) is 5.10 Å². The number of aryl methyl sites for hydroxylation is 1. The summed E-state index contributed by atoms with van der Waals surface area (Å²) in [5.74, 6) is -0.207. The molecule has 5 rings (SSSR count). The first-order valence-electron chi connectivity index (χ1n) is 11.4. The second-order valence-electron chi connectivity index (χ2n) is 9.08. The Labute approximate surface area is 197 Å². The molecule has 0 unspecified atom stereocenters. The van der Waals surface area contributed by atoms with Gasteiger partial charge in [-0.1, -0.05) is 31.0 Å². The SMILES string of the molecule is Cn1cc(-c2cnc3ccc4ccc(CS(=O)(=O)N[C@@H]5CCCC[C@@H]5N)cc4c(=O)c3c2)cn1. The highest BCUT2D eigenvalue weighted by Crippen LogP contribution is 2.23.